The molecule has 0 saturated heterocycles. The lowest BCUT2D eigenvalue weighted by Gasteiger charge is -2.31. The van der Waals surface area contributed by atoms with Gasteiger partial charge < -0.3 is 37.5 Å². The third-order valence-electron chi connectivity index (χ3n) is 11.3. The molecule has 1 N–H and O–H groups in total. The Morgan fingerprint density at radius 2 is 0.820 bits per heavy atom. The van der Waals surface area contributed by atoms with Crippen LogP contribution in [0.1, 0.15) is 220 Å². The molecule has 366 valence electrons. The minimum Gasteiger partial charge on any atom is -0.379 e. The molecule has 0 aliphatic heterocycles. The van der Waals surface area contributed by atoms with Crippen LogP contribution in [0.5, 0.6) is 0 Å². The van der Waals surface area contributed by atoms with Gasteiger partial charge in [-0.3, -0.25) is 4.79 Å². The Balaban J connectivity index is 5.11. The molecular formula is C50H103NO8SSi. The minimum atomic E-state index is -3.15. The highest BCUT2D eigenvalue weighted by atomic mass is 32.2. The summed E-state index contributed by atoms with van der Waals surface area (Å²) in [5.74, 6) is 0.743. The molecular weight excluding hydrogens is 803 g/mol. The Bertz CT molecular complexity index is 840. The second kappa shape index (κ2) is 50.9. The van der Waals surface area contributed by atoms with E-state index in [1.807, 2.05) is 7.05 Å². The molecule has 0 aromatic rings. The van der Waals surface area contributed by atoms with Crippen LogP contribution in [0.4, 0.5) is 0 Å². The number of nitrogens with one attached hydrogen (secondary N) is 1. The Hall–Kier alpha value is -0.0831. The summed E-state index contributed by atoms with van der Waals surface area (Å²) in [5, 5.41) is 3.81. The molecule has 0 aromatic heterocycles. The fourth-order valence-corrected chi connectivity index (χ4v) is 10.8. The van der Waals surface area contributed by atoms with Crippen molar-refractivity contribution in [3.63, 3.8) is 0 Å². The van der Waals surface area contributed by atoms with E-state index < -0.39 is 8.80 Å². The topological polar surface area (TPSA) is 93.7 Å². The largest absolute Gasteiger partial charge is 0.501 e. The van der Waals surface area contributed by atoms with Crippen LogP contribution >= 0.6 is 11.8 Å². The van der Waals surface area contributed by atoms with E-state index in [1.54, 1.807) is 0 Å². The lowest BCUT2D eigenvalue weighted by Crippen LogP contribution is -2.50. The van der Waals surface area contributed by atoms with Crippen molar-refractivity contribution in [2.45, 2.75) is 232 Å². The van der Waals surface area contributed by atoms with Crippen LogP contribution < -0.4 is 5.32 Å². The molecule has 0 fully saturated rings. The van der Waals surface area contributed by atoms with Crippen LogP contribution in [0.3, 0.4) is 0 Å². The highest BCUT2D eigenvalue weighted by Crippen LogP contribution is 2.23. The van der Waals surface area contributed by atoms with Gasteiger partial charge in [-0.05, 0) is 39.2 Å². The zero-order valence-corrected chi connectivity index (χ0v) is 43.0. The van der Waals surface area contributed by atoms with Crippen LogP contribution in [0.15, 0.2) is 0 Å². The van der Waals surface area contributed by atoms with Crippen molar-refractivity contribution in [1.29, 1.82) is 0 Å². The number of hydrogen-bond acceptors (Lipinski definition) is 10. The molecule has 0 heterocycles. The minimum absolute atomic E-state index is 0.219. The normalized spacial score (nSPS) is 12.5. The second-order valence-electron chi connectivity index (χ2n) is 17.1. The second-order valence-corrected chi connectivity index (χ2v) is 21.0. The van der Waals surface area contributed by atoms with Gasteiger partial charge in [-0.1, -0.05) is 194 Å². The Kier molecular flexibility index (Phi) is 50.8. The summed E-state index contributed by atoms with van der Waals surface area (Å²) in [4.78, 5) is 12.8. The molecule has 0 radical (unpaired) electrons. The van der Waals surface area contributed by atoms with Crippen molar-refractivity contribution in [3.8, 4) is 0 Å². The van der Waals surface area contributed by atoms with Crippen LogP contribution in [-0.2, 0) is 37.0 Å². The maximum atomic E-state index is 12.8. The zero-order valence-electron chi connectivity index (χ0n) is 41.2. The Morgan fingerprint density at radius 1 is 0.443 bits per heavy atom. The van der Waals surface area contributed by atoms with E-state index in [0.717, 1.165) is 70.3 Å². The van der Waals surface area contributed by atoms with E-state index in [1.165, 1.54) is 147 Å². The fourth-order valence-electron chi connectivity index (χ4n) is 7.24. The van der Waals surface area contributed by atoms with Gasteiger partial charge in [0.2, 0.25) is 0 Å². The number of ether oxygens (including phenoxy) is 4. The number of hydrogen-bond donors (Lipinski definition) is 1. The highest BCUT2D eigenvalue weighted by molar-refractivity contribution is 8.13. The first-order chi connectivity index (χ1) is 30.1. The van der Waals surface area contributed by atoms with Crippen molar-refractivity contribution in [2.75, 3.05) is 85.5 Å². The third kappa shape index (κ3) is 44.9. The summed E-state index contributed by atoms with van der Waals surface area (Å²) in [5.41, 5.74) is 0. The van der Waals surface area contributed by atoms with Gasteiger partial charge in [-0.25, -0.2) is 0 Å². The van der Waals surface area contributed by atoms with Gasteiger partial charge in [0.05, 0.1) is 59.5 Å². The van der Waals surface area contributed by atoms with E-state index in [4.69, 9.17) is 32.2 Å². The number of carbonyl (C=O) groups is 1. The van der Waals surface area contributed by atoms with Crippen molar-refractivity contribution in [2.24, 2.45) is 0 Å². The smallest absolute Gasteiger partial charge is 0.379 e. The molecule has 0 saturated carbocycles. The molecule has 0 aliphatic rings. The standard InChI is InChI=1S/C50H103NO8SSi/c1-6-10-14-16-18-20-21-22-23-24-26-27-29-31-34-49(51-5)48-59-61(57-44-42-55-40-38-53-36-12-8-3,58-45-43-56-41-39-54-37-13-9-4)47-33-46-60-50(52)35-32-30-28-25-19-17-15-11-7-2/h49,51H,6-48H2,1-5H3. The van der Waals surface area contributed by atoms with Gasteiger partial charge in [-0.2, -0.15) is 0 Å². The average Bonchev–Trinajstić information content (AvgIpc) is 3.27. The van der Waals surface area contributed by atoms with Crippen molar-refractivity contribution in [1.82, 2.24) is 5.32 Å². The van der Waals surface area contributed by atoms with E-state index in [0.29, 0.717) is 77.0 Å². The predicted octanol–water partition coefficient (Wildman–Crippen LogP) is 13.7. The maximum absolute atomic E-state index is 12.8. The summed E-state index contributed by atoms with van der Waals surface area (Å²) < 4.78 is 43.2. The Labute approximate surface area is 384 Å². The first kappa shape index (κ1) is 60.9. The van der Waals surface area contributed by atoms with Gasteiger partial charge in [-0.15, -0.1) is 0 Å². The SMILES string of the molecule is CCCCCCCCCCCCCCCCC(CO[Si](CCCSC(=O)CCCCCCCCCCC)(OCCOCCOCCCC)OCCOCCOCCCC)NC. The summed E-state index contributed by atoms with van der Waals surface area (Å²) >= 11 is 1.46. The maximum Gasteiger partial charge on any atom is 0.501 e. The van der Waals surface area contributed by atoms with E-state index in [9.17, 15) is 4.79 Å². The molecule has 0 aliphatic carbocycles. The summed E-state index contributed by atoms with van der Waals surface area (Å²) in [6.45, 7) is 14.9. The number of unbranched alkanes of at least 4 members (excludes halogenated alkanes) is 23. The number of thioether (sulfide) groups is 1. The monoisotopic (exact) mass is 906 g/mol. The van der Waals surface area contributed by atoms with Crippen LogP contribution in [0.25, 0.3) is 0 Å². The lowest BCUT2D eigenvalue weighted by molar-refractivity contribution is -0.111. The third-order valence-corrected chi connectivity index (χ3v) is 15.2. The first-order valence-electron chi connectivity index (χ1n) is 26.1. The molecule has 0 spiro atoms. The summed E-state index contributed by atoms with van der Waals surface area (Å²) in [6.07, 6.45) is 37.3. The number of carbonyl (C=O) groups excluding carboxylic acids is 1. The van der Waals surface area contributed by atoms with Gasteiger partial charge in [0.25, 0.3) is 0 Å². The van der Waals surface area contributed by atoms with Gasteiger partial charge >= 0.3 is 8.80 Å². The highest BCUT2D eigenvalue weighted by Gasteiger charge is 2.41. The van der Waals surface area contributed by atoms with Crippen LogP contribution in [0.2, 0.25) is 6.04 Å². The van der Waals surface area contributed by atoms with Crippen molar-refractivity contribution >= 4 is 25.7 Å². The van der Waals surface area contributed by atoms with Crippen molar-refractivity contribution < 1.29 is 37.0 Å². The van der Waals surface area contributed by atoms with Gasteiger partial charge in [0, 0.05) is 37.5 Å². The van der Waals surface area contributed by atoms with E-state index in [2.05, 4.69) is 33.0 Å². The molecule has 1 atom stereocenters. The lowest BCUT2D eigenvalue weighted by atomic mass is 10.0. The average molecular weight is 907 g/mol. The quantitative estimate of drug-likeness (QED) is 0.0470. The fraction of sp³-hybridized carbons (Fsp3) is 0.980. The van der Waals surface area contributed by atoms with Crippen LogP contribution in [0, 0.1) is 0 Å². The molecule has 0 aromatic carbocycles. The summed E-state index contributed by atoms with van der Waals surface area (Å²) in [6, 6.07) is 0.873. The molecule has 1 unspecified atom stereocenters. The molecule has 0 rings (SSSR count). The first-order valence-corrected chi connectivity index (χ1v) is 29.0. The van der Waals surface area contributed by atoms with Gasteiger partial charge in [0.1, 0.15) is 0 Å². The number of rotatable bonds is 53. The van der Waals surface area contributed by atoms with E-state index in [-0.39, 0.29) is 6.04 Å². The molecule has 61 heavy (non-hydrogen) atoms. The predicted molar refractivity (Wildman–Crippen MR) is 263 cm³/mol. The van der Waals surface area contributed by atoms with E-state index >= 15 is 0 Å². The molecule has 11 heteroatoms. The van der Waals surface area contributed by atoms with Crippen molar-refractivity contribution in [3.05, 3.63) is 0 Å². The van der Waals surface area contributed by atoms with Gasteiger partial charge in [0.15, 0.2) is 5.12 Å². The molecule has 0 bridgehead atoms. The summed E-state index contributed by atoms with van der Waals surface area (Å²) in [7, 11) is -1.11. The number of likely N-dealkylation sites (N-methyl/N-ethyl adjacent to an activating group) is 1. The molecule has 0 amide bonds. The van der Waals surface area contributed by atoms with Crippen LogP contribution in [-0.4, -0.2) is 105 Å². The Morgan fingerprint density at radius 3 is 1.25 bits per heavy atom. The molecule has 9 nitrogen and oxygen atoms in total. The zero-order chi connectivity index (χ0) is 44.4.